The van der Waals surface area contributed by atoms with Crippen LogP contribution in [0.2, 0.25) is 0 Å². The fourth-order valence-electron chi connectivity index (χ4n) is 2.05. The molecule has 0 bridgehead atoms. The van der Waals surface area contributed by atoms with Crippen LogP contribution in [-0.4, -0.2) is 52.7 Å². The van der Waals surface area contributed by atoms with E-state index in [0.717, 1.165) is 18.7 Å². The molecule has 6 heteroatoms. The summed E-state index contributed by atoms with van der Waals surface area (Å²) in [7, 11) is -1.29. The highest BCUT2D eigenvalue weighted by atomic mass is 32.2. The van der Waals surface area contributed by atoms with Gasteiger partial charge in [0.2, 0.25) is 10.0 Å². The largest absolute Gasteiger partial charge is 0.374 e. The molecule has 0 saturated carbocycles. The van der Waals surface area contributed by atoms with E-state index in [9.17, 15) is 8.42 Å². The van der Waals surface area contributed by atoms with Crippen molar-refractivity contribution in [2.24, 2.45) is 0 Å². The molecule has 1 aromatic rings. The molecule has 0 amide bonds. The average molecular weight is 284 g/mol. The lowest BCUT2D eigenvalue weighted by Crippen LogP contribution is -2.46. The number of morpholine rings is 1. The monoisotopic (exact) mass is 284 g/mol. The number of nitrogens with one attached hydrogen (secondary N) is 1. The number of rotatable bonds is 5. The van der Waals surface area contributed by atoms with Gasteiger partial charge in [-0.1, -0.05) is 30.3 Å². The van der Waals surface area contributed by atoms with Gasteiger partial charge in [-0.25, -0.2) is 13.1 Å². The van der Waals surface area contributed by atoms with E-state index in [2.05, 4.69) is 9.62 Å². The van der Waals surface area contributed by atoms with Crippen LogP contribution in [0.4, 0.5) is 0 Å². The van der Waals surface area contributed by atoms with Gasteiger partial charge >= 0.3 is 0 Å². The van der Waals surface area contributed by atoms with Gasteiger partial charge in [0.25, 0.3) is 0 Å². The number of hydrogen-bond donors (Lipinski definition) is 1. The molecule has 1 saturated heterocycles. The zero-order valence-corrected chi connectivity index (χ0v) is 11.9. The smallest absolute Gasteiger partial charge is 0.215 e. The average Bonchev–Trinajstić information content (AvgIpc) is 2.37. The summed E-state index contributed by atoms with van der Waals surface area (Å²) in [6.45, 7) is 2.64. The van der Waals surface area contributed by atoms with E-state index in [4.69, 9.17) is 4.74 Å². The highest BCUT2D eigenvalue weighted by Crippen LogP contribution is 2.06. The maximum atomic E-state index is 11.9. The fraction of sp³-hybridized carbons (Fsp3) is 0.538. The Morgan fingerprint density at radius 1 is 1.37 bits per heavy atom. The summed E-state index contributed by atoms with van der Waals surface area (Å²) in [5, 5.41) is 0. The topological polar surface area (TPSA) is 58.6 Å². The van der Waals surface area contributed by atoms with Gasteiger partial charge in [-0.3, -0.25) is 0 Å². The molecule has 1 N–H and O–H groups in total. The highest BCUT2D eigenvalue weighted by molar-refractivity contribution is 7.88. The molecule has 0 aliphatic carbocycles. The first-order chi connectivity index (χ1) is 9.05. The third-order valence-electron chi connectivity index (χ3n) is 3.07. The lowest BCUT2D eigenvalue weighted by Gasteiger charge is -2.30. The van der Waals surface area contributed by atoms with Crippen LogP contribution in [0.15, 0.2) is 30.3 Å². The highest BCUT2D eigenvalue weighted by Gasteiger charge is 2.20. The summed E-state index contributed by atoms with van der Waals surface area (Å²) >= 11 is 0. The second-order valence-corrected chi connectivity index (χ2v) is 6.66. The van der Waals surface area contributed by atoms with Gasteiger partial charge in [0, 0.05) is 19.6 Å². The van der Waals surface area contributed by atoms with Crippen molar-refractivity contribution in [1.82, 2.24) is 9.62 Å². The molecule has 1 atom stereocenters. The minimum atomic E-state index is -3.30. The Kier molecular flexibility index (Phi) is 4.93. The van der Waals surface area contributed by atoms with Crippen LogP contribution in [0, 0.1) is 0 Å². The molecule has 0 radical (unpaired) electrons. The predicted molar refractivity (Wildman–Crippen MR) is 74.3 cm³/mol. The van der Waals surface area contributed by atoms with Gasteiger partial charge in [-0.2, -0.15) is 0 Å². The number of benzene rings is 1. The minimum Gasteiger partial charge on any atom is -0.374 e. The minimum absolute atomic E-state index is 0.0103. The zero-order valence-electron chi connectivity index (χ0n) is 11.1. The molecule has 1 heterocycles. The van der Waals surface area contributed by atoms with Crippen molar-refractivity contribution in [3.05, 3.63) is 35.9 Å². The third kappa shape index (κ3) is 4.91. The molecular formula is C13H20N2O3S. The quantitative estimate of drug-likeness (QED) is 0.852. The normalized spacial score (nSPS) is 21.4. The van der Waals surface area contributed by atoms with Crippen LogP contribution < -0.4 is 4.72 Å². The first kappa shape index (κ1) is 14.5. The lowest BCUT2D eigenvalue weighted by atomic mass is 10.2. The van der Waals surface area contributed by atoms with Gasteiger partial charge < -0.3 is 9.64 Å². The number of nitrogens with zero attached hydrogens (tertiary/aromatic N) is 1. The Morgan fingerprint density at radius 2 is 2.11 bits per heavy atom. The summed E-state index contributed by atoms with van der Waals surface area (Å²) in [6.07, 6.45) is -0.0655. The molecule has 2 rings (SSSR count). The molecule has 1 aliphatic rings. The van der Waals surface area contributed by atoms with Crippen molar-refractivity contribution in [3.63, 3.8) is 0 Å². The summed E-state index contributed by atoms with van der Waals surface area (Å²) in [5.41, 5.74) is 0.789. The van der Waals surface area contributed by atoms with Gasteiger partial charge in [-0.05, 0) is 12.6 Å². The van der Waals surface area contributed by atoms with Gasteiger partial charge in [0.1, 0.15) is 0 Å². The SMILES string of the molecule is CN1CCOC(CNS(=O)(=O)Cc2ccccc2)C1. The molecular weight excluding hydrogens is 264 g/mol. The molecule has 1 fully saturated rings. The van der Waals surface area contributed by atoms with Gasteiger partial charge in [0.05, 0.1) is 18.5 Å². The molecule has 106 valence electrons. The van der Waals surface area contributed by atoms with E-state index in [1.165, 1.54) is 0 Å². The van der Waals surface area contributed by atoms with Crippen molar-refractivity contribution in [2.75, 3.05) is 33.3 Å². The first-order valence-electron chi connectivity index (χ1n) is 6.36. The van der Waals surface area contributed by atoms with Crippen molar-refractivity contribution in [2.45, 2.75) is 11.9 Å². The predicted octanol–water partition coefficient (Wildman–Crippen LogP) is 0.437. The number of likely N-dealkylation sites (N-methyl/N-ethyl adjacent to an activating group) is 1. The van der Waals surface area contributed by atoms with Crippen molar-refractivity contribution >= 4 is 10.0 Å². The molecule has 5 nitrogen and oxygen atoms in total. The Bertz CT molecular complexity index is 490. The summed E-state index contributed by atoms with van der Waals surface area (Å²) in [6, 6.07) is 9.16. The Labute approximate surface area is 114 Å². The van der Waals surface area contributed by atoms with E-state index in [1.807, 2.05) is 37.4 Å². The van der Waals surface area contributed by atoms with Crippen LogP contribution in [0.1, 0.15) is 5.56 Å². The second kappa shape index (κ2) is 6.47. The Morgan fingerprint density at radius 3 is 2.79 bits per heavy atom. The van der Waals surface area contributed by atoms with Gasteiger partial charge in [0.15, 0.2) is 0 Å². The van der Waals surface area contributed by atoms with Crippen molar-refractivity contribution in [3.8, 4) is 0 Å². The maximum absolute atomic E-state index is 11.9. The van der Waals surface area contributed by atoms with E-state index in [0.29, 0.717) is 13.2 Å². The standard InChI is InChI=1S/C13H20N2O3S/c1-15-7-8-18-13(10-15)9-14-19(16,17)11-12-5-3-2-4-6-12/h2-6,13-14H,7-11H2,1H3. The third-order valence-corrected chi connectivity index (χ3v) is 4.39. The molecule has 1 unspecified atom stereocenters. The Balaban J connectivity index is 1.84. The summed E-state index contributed by atoms with van der Waals surface area (Å²) < 4.78 is 32.0. The van der Waals surface area contributed by atoms with E-state index in [-0.39, 0.29) is 11.9 Å². The number of hydrogen-bond acceptors (Lipinski definition) is 4. The van der Waals surface area contributed by atoms with Crippen LogP contribution in [0.5, 0.6) is 0 Å². The van der Waals surface area contributed by atoms with E-state index in [1.54, 1.807) is 0 Å². The zero-order chi connectivity index (χ0) is 13.7. The second-order valence-electron chi connectivity index (χ2n) is 4.85. The number of ether oxygens (including phenoxy) is 1. The van der Waals surface area contributed by atoms with Crippen LogP contribution in [-0.2, 0) is 20.5 Å². The Hall–Kier alpha value is -0.950. The lowest BCUT2D eigenvalue weighted by molar-refractivity contribution is -0.0156. The van der Waals surface area contributed by atoms with E-state index < -0.39 is 10.0 Å². The van der Waals surface area contributed by atoms with Crippen LogP contribution in [0.25, 0.3) is 0 Å². The van der Waals surface area contributed by atoms with Crippen LogP contribution in [0.3, 0.4) is 0 Å². The molecule has 1 aliphatic heterocycles. The first-order valence-corrected chi connectivity index (χ1v) is 8.02. The maximum Gasteiger partial charge on any atom is 0.215 e. The molecule has 0 spiro atoms. The number of sulfonamides is 1. The van der Waals surface area contributed by atoms with E-state index >= 15 is 0 Å². The van der Waals surface area contributed by atoms with Crippen LogP contribution >= 0.6 is 0 Å². The van der Waals surface area contributed by atoms with Crippen molar-refractivity contribution < 1.29 is 13.2 Å². The summed E-state index contributed by atoms with van der Waals surface area (Å²) in [5.74, 6) is 0.0103. The van der Waals surface area contributed by atoms with Crippen molar-refractivity contribution in [1.29, 1.82) is 0 Å². The molecule has 19 heavy (non-hydrogen) atoms. The molecule has 1 aromatic carbocycles. The summed E-state index contributed by atoms with van der Waals surface area (Å²) in [4.78, 5) is 2.14. The molecule has 0 aromatic heterocycles. The fourth-order valence-corrected chi connectivity index (χ4v) is 3.23. The van der Waals surface area contributed by atoms with Gasteiger partial charge in [-0.15, -0.1) is 0 Å².